The summed E-state index contributed by atoms with van der Waals surface area (Å²) in [4.78, 5) is 23.6. The lowest BCUT2D eigenvalue weighted by molar-refractivity contribution is 0.412. The monoisotopic (exact) mass is 281 g/mol. The molecule has 3 rings (SSSR count). The minimum atomic E-state index is -0.591. The second kappa shape index (κ2) is 5.79. The normalized spacial score (nSPS) is 10.9. The topological polar surface area (TPSA) is 52.2 Å². The van der Waals surface area contributed by atoms with E-state index in [0.29, 0.717) is 17.4 Å². The van der Waals surface area contributed by atoms with Crippen LogP contribution in [0.25, 0.3) is 10.9 Å². The van der Waals surface area contributed by atoms with Gasteiger partial charge >= 0.3 is 11.4 Å². The van der Waals surface area contributed by atoms with Crippen LogP contribution in [0.2, 0.25) is 0 Å². The molecule has 0 amide bonds. The molecule has 0 aliphatic carbocycles. The number of rotatable bonds is 4. The van der Waals surface area contributed by atoms with E-state index in [9.17, 15) is 9.59 Å². The zero-order chi connectivity index (χ0) is 14.7. The molecule has 2 aromatic carbocycles. The second-order valence-corrected chi connectivity index (χ2v) is 4.91. The molecule has 0 fully saturated rings. The van der Waals surface area contributed by atoms with Crippen LogP contribution in [0.3, 0.4) is 0 Å². The van der Waals surface area contributed by atoms with Gasteiger partial charge in [0.1, 0.15) is 0 Å². The summed E-state index contributed by atoms with van der Waals surface area (Å²) in [5.74, 6) is -0.591. The SMILES string of the molecule is O=c1oc(=O)n(CCCc2ccccc2)c2ccccc12. The Kier molecular flexibility index (Phi) is 3.69. The average molecular weight is 281 g/mol. The van der Waals surface area contributed by atoms with E-state index < -0.39 is 11.4 Å². The highest BCUT2D eigenvalue weighted by molar-refractivity contribution is 5.77. The van der Waals surface area contributed by atoms with Gasteiger partial charge in [-0.15, -0.1) is 0 Å². The van der Waals surface area contributed by atoms with Gasteiger partial charge in [0, 0.05) is 6.54 Å². The Labute approximate surface area is 121 Å². The van der Waals surface area contributed by atoms with Gasteiger partial charge in [-0.2, -0.15) is 0 Å². The molecule has 0 N–H and O–H groups in total. The Morgan fingerprint density at radius 3 is 2.43 bits per heavy atom. The highest BCUT2D eigenvalue weighted by Gasteiger charge is 2.08. The minimum Gasteiger partial charge on any atom is -0.372 e. The van der Waals surface area contributed by atoms with Crippen LogP contribution < -0.4 is 11.4 Å². The van der Waals surface area contributed by atoms with Crippen molar-refractivity contribution in [2.45, 2.75) is 19.4 Å². The second-order valence-electron chi connectivity index (χ2n) is 4.91. The van der Waals surface area contributed by atoms with E-state index in [1.54, 1.807) is 18.2 Å². The zero-order valence-corrected chi connectivity index (χ0v) is 11.5. The average Bonchev–Trinajstić information content (AvgIpc) is 2.51. The van der Waals surface area contributed by atoms with Crippen molar-refractivity contribution in [1.82, 2.24) is 4.57 Å². The van der Waals surface area contributed by atoms with Gasteiger partial charge in [-0.3, -0.25) is 4.57 Å². The summed E-state index contributed by atoms with van der Waals surface area (Å²) in [5, 5.41) is 0.441. The predicted molar refractivity (Wildman–Crippen MR) is 81.5 cm³/mol. The molecule has 1 aromatic heterocycles. The maximum atomic E-state index is 11.9. The highest BCUT2D eigenvalue weighted by Crippen LogP contribution is 2.09. The lowest BCUT2D eigenvalue weighted by Gasteiger charge is -2.08. The van der Waals surface area contributed by atoms with Crippen LogP contribution >= 0.6 is 0 Å². The molecule has 0 bridgehead atoms. The fourth-order valence-electron chi connectivity index (χ4n) is 2.47. The molecular formula is C17H15NO3. The number of fused-ring (bicyclic) bond motifs is 1. The van der Waals surface area contributed by atoms with Crippen LogP contribution in [0, 0.1) is 0 Å². The van der Waals surface area contributed by atoms with E-state index >= 15 is 0 Å². The van der Waals surface area contributed by atoms with Gasteiger partial charge in [0.15, 0.2) is 0 Å². The summed E-state index contributed by atoms with van der Waals surface area (Å²) in [6.07, 6.45) is 1.68. The van der Waals surface area contributed by atoms with Gasteiger partial charge in [-0.25, -0.2) is 9.59 Å². The minimum absolute atomic E-state index is 0.441. The predicted octanol–water partition coefficient (Wildman–Crippen LogP) is 2.59. The molecule has 0 spiro atoms. The molecule has 0 saturated carbocycles. The van der Waals surface area contributed by atoms with E-state index in [1.165, 1.54) is 10.1 Å². The molecule has 1 heterocycles. The zero-order valence-electron chi connectivity index (χ0n) is 11.5. The lowest BCUT2D eigenvalue weighted by Crippen LogP contribution is -2.25. The van der Waals surface area contributed by atoms with Gasteiger partial charge in [0.25, 0.3) is 0 Å². The van der Waals surface area contributed by atoms with Crippen molar-refractivity contribution in [3.05, 3.63) is 81.1 Å². The van der Waals surface area contributed by atoms with Crippen molar-refractivity contribution >= 4 is 10.9 Å². The number of para-hydroxylation sites is 1. The summed E-state index contributed by atoms with van der Waals surface area (Å²) in [6.45, 7) is 0.526. The number of aryl methyl sites for hydroxylation is 2. The van der Waals surface area contributed by atoms with Gasteiger partial charge in [-0.05, 0) is 30.5 Å². The molecule has 21 heavy (non-hydrogen) atoms. The third kappa shape index (κ3) is 2.79. The van der Waals surface area contributed by atoms with Crippen molar-refractivity contribution in [2.24, 2.45) is 0 Å². The van der Waals surface area contributed by atoms with Crippen LogP contribution in [-0.4, -0.2) is 4.57 Å². The molecule has 0 atom stereocenters. The first-order valence-electron chi connectivity index (χ1n) is 6.92. The number of benzene rings is 2. The first-order chi connectivity index (χ1) is 10.3. The van der Waals surface area contributed by atoms with E-state index in [2.05, 4.69) is 12.1 Å². The third-order valence-corrected chi connectivity index (χ3v) is 3.51. The summed E-state index contributed by atoms with van der Waals surface area (Å²) >= 11 is 0. The number of hydrogen-bond donors (Lipinski definition) is 0. The van der Waals surface area contributed by atoms with Crippen LogP contribution in [0.15, 0.2) is 68.6 Å². The number of hydrogen-bond acceptors (Lipinski definition) is 3. The van der Waals surface area contributed by atoms with E-state index in [4.69, 9.17) is 4.42 Å². The van der Waals surface area contributed by atoms with Crippen molar-refractivity contribution in [2.75, 3.05) is 0 Å². The Morgan fingerprint density at radius 1 is 0.905 bits per heavy atom. The molecule has 0 aliphatic heterocycles. The lowest BCUT2D eigenvalue weighted by atomic mass is 10.1. The molecular weight excluding hydrogens is 266 g/mol. The van der Waals surface area contributed by atoms with Gasteiger partial charge in [0.2, 0.25) is 0 Å². The number of aromatic nitrogens is 1. The Morgan fingerprint density at radius 2 is 1.62 bits per heavy atom. The maximum Gasteiger partial charge on any atom is 0.422 e. The molecule has 0 aliphatic rings. The first kappa shape index (κ1) is 13.4. The van der Waals surface area contributed by atoms with Crippen molar-refractivity contribution in [1.29, 1.82) is 0 Å². The van der Waals surface area contributed by atoms with Crippen molar-refractivity contribution in [3.8, 4) is 0 Å². The van der Waals surface area contributed by atoms with Crippen molar-refractivity contribution < 1.29 is 4.42 Å². The Hall–Kier alpha value is -2.62. The molecule has 0 unspecified atom stereocenters. The fraction of sp³-hybridized carbons (Fsp3) is 0.176. The molecule has 3 aromatic rings. The van der Waals surface area contributed by atoms with E-state index in [1.807, 2.05) is 24.3 Å². The summed E-state index contributed by atoms with van der Waals surface area (Å²) in [5.41, 5.74) is 1.29. The Bertz CT molecular complexity index is 862. The van der Waals surface area contributed by atoms with Crippen LogP contribution in [0.1, 0.15) is 12.0 Å². The van der Waals surface area contributed by atoms with E-state index in [-0.39, 0.29) is 0 Å². The van der Waals surface area contributed by atoms with Gasteiger partial charge in [0.05, 0.1) is 10.9 Å². The Balaban J connectivity index is 1.87. The van der Waals surface area contributed by atoms with E-state index in [0.717, 1.165) is 12.8 Å². The molecule has 4 heteroatoms. The smallest absolute Gasteiger partial charge is 0.372 e. The maximum absolute atomic E-state index is 11.9. The standard InChI is InChI=1S/C17H15NO3/c19-16-14-10-4-5-11-15(14)18(17(20)21-16)12-6-9-13-7-2-1-3-8-13/h1-5,7-8,10-11H,6,9,12H2. The van der Waals surface area contributed by atoms with Crippen molar-refractivity contribution in [3.63, 3.8) is 0 Å². The summed E-state index contributed by atoms with van der Waals surface area (Å²) < 4.78 is 6.30. The van der Waals surface area contributed by atoms with Gasteiger partial charge in [-0.1, -0.05) is 42.5 Å². The molecule has 0 radical (unpaired) electrons. The molecule has 4 nitrogen and oxygen atoms in total. The van der Waals surface area contributed by atoms with Crippen LogP contribution in [0.5, 0.6) is 0 Å². The highest BCUT2D eigenvalue weighted by atomic mass is 16.4. The fourth-order valence-corrected chi connectivity index (χ4v) is 2.47. The number of nitrogens with zero attached hydrogens (tertiary/aromatic N) is 1. The first-order valence-corrected chi connectivity index (χ1v) is 6.92. The quantitative estimate of drug-likeness (QED) is 0.738. The van der Waals surface area contributed by atoms with Crippen LogP contribution in [0.4, 0.5) is 0 Å². The summed E-state index contributed by atoms with van der Waals surface area (Å²) in [6, 6.07) is 17.1. The molecule has 0 saturated heterocycles. The third-order valence-electron chi connectivity index (χ3n) is 3.51. The molecule has 106 valence electrons. The largest absolute Gasteiger partial charge is 0.422 e. The van der Waals surface area contributed by atoms with Gasteiger partial charge < -0.3 is 4.42 Å². The summed E-state index contributed by atoms with van der Waals surface area (Å²) in [7, 11) is 0. The van der Waals surface area contributed by atoms with Crippen LogP contribution in [-0.2, 0) is 13.0 Å².